The first-order valence-corrected chi connectivity index (χ1v) is 7.74. The smallest absolute Gasteiger partial charge is 0.269 e. The SMILES string of the molecule is Cn1cc(C=CC(=O)c2cccc(O)c2)c(-c2ccc([N+](=O)[O-])cc2)n1. The molecule has 26 heavy (non-hydrogen) atoms. The van der Waals surface area contributed by atoms with Crippen LogP contribution < -0.4 is 0 Å². The number of aromatic nitrogens is 2. The molecule has 130 valence electrons. The minimum atomic E-state index is -0.461. The van der Waals surface area contributed by atoms with Gasteiger partial charge in [-0.15, -0.1) is 0 Å². The van der Waals surface area contributed by atoms with Crippen molar-refractivity contribution in [3.8, 4) is 17.0 Å². The molecule has 7 nitrogen and oxygen atoms in total. The fourth-order valence-corrected chi connectivity index (χ4v) is 2.52. The van der Waals surface area contributed by atoms with Crippen molar-refractivity contribution < 1.29 is 14.8 Å². The molecule has 0 saturated carbocycles. The van der Waals surface area contributed by atoms with Crippen LogP contribution in [0.3, 0.4) is 0 Å². The van der Waals surface area contributed by atoms with Gasteiger partial charge in [-0.1, -0.05) is 12.1 Å². The molecule has 0 spiro atoms. The Hall–Kier alpha value is -3.74. The third-order valence-corrected chi connectivity index (χ3v) is 3.75. The largest absolute Gasteiger partial charge is 0.508 e. The van der Waals surface area contributed by atoms with Gasteiger partial charge in [-0.3, -0.25) is 19.6 Å². The van der Waals surface area contributed by atoms with Crippen molar-refractivity contribution in [2.75, 3.05) is 0 Å². The molecule has 0 radical (unpaired) electrons. The Morgan fingerprint density at radius 3 is 2.62 bits per heavy atom. The number of ketones is 1. The molecule has 0 aliphatic heterocycles. The van der Waals surface area contributed by atoms with Gasteiger partial charge in [-0.05, 0) is 36.4 Å². The molecule has 0 unspecified atom stereocenters. The van der Waals surface area contributed by atoms with Gasteiger partial charge in [0.15, 0.2) is 5.78 Å². The number of aryl methyl sites for hydroxylation is 1. The fraction of sp³-hybridized carbons (Fsp3) is 0.0526. The van der Waals surface area contributed by atoms with Crippen molar-refractivity contribution >= 4 is 17.5 Å². The Bertz CT molecular complexity index is 1000. The number of rotatable bonds is 5. The molecule has 2 aromatic carbocycles. The highest BCUT2D eigenvalue weighted by Crippen LogP contribution is 2.25. The van der Waals surface area contributed by atoms with Crippen LogP contribution in [-0.4, -0.2) is 25.6 Å². The third kappa shape index (κ3) is 3.67. The van der Waals surface area contributed by atoms with E-state index in [9.17, 15) is 20.0 Å². The number of hydrogen-bond acceptors (Lipinski definition) is 5. The first kappa shape index (κ1) is 17.1. The highest BCUT2D eigenvalue weighted by atomic mass is 16.6. The molecule has 0 aliphatic rings. The van der Waals surface area contributed by atoms with Gasteiger partial charge in [0.2, 0.25) is 0 Å². The second-order valence-corrected chi connectivity index (χ2v) is 5.66. The van der Waals surface area contributed by atoms with Crippen molar-refractivity contribution in [1.82, 2.24) is 9.78 Å². The lowest BCUT2D eigenvalue weighted by Gasteiger charge is -1.99. The zero-order valence-corrected chi connectivity index (χ0v) is 13.9. The van der Waals surface area contributed by atoms with Crippen molar-refractivity contribution in [3.05, 3.63) is 82.0 Å². The normalized spacial score (nSPS) is 11.0. The summed E-state index contributed by atoms with van der Waals surface area (Å²) in [7, 11) is 1.75. The lowest BCUT2D eigenvalue weighted by Crippen LogP contribution is -1.93. The summed E-state index contributed by atoms with van der Waals surface area (Å²) in [6.07, 6.45) is 4.79. The van der Waals surface area contributed by atoms with Crippen molar-refractivity contribution in [3.63, 3.8) is 0 Å². The van der Waals surface area contributed by atoms with Crippen molar-refractivity contribution in [1.29, 1.82) is 0 Å². The van der Waals surface area contributed by atoms with E-state index in [1.165, 1.54) is 30.3 Å². The van der Waals surface area contributed by atoms with E-state index >= 15 is 0 Å². The van der Waals surface area contributed by atoms with E-state index in [-0.39, 0.29) is 17.2 Å². The maximum Gasteiger partial charge on any atom is 0.269 e. The topological polar surface area (TPSA) is 98.3 Å². The lowest BCUT2D eigenvalue weighted by molar-refractivity contribution is -0.384. The quantitative estimate of drug-likeness (QED) is 0.328. The number of allylic oxidation sites excluding steroid dienone is 1. The molecular weight excluding hydrogens is 334 g/mol. The van der Waals surface area contributed by atoms with E-state index in [0.717, 1.165) is 0 Å². The maximum absolute atomic E-state index is 12.2. The molecule has 0 amide bonds. The Morgan fingerprint density at radius 2 is 1.96 bits per heavy atom. The minimum Gasteiger partial charge on any atom is -0.508 e. The second-order valence-electron chi connectivity index (χ2n) is 5.66. The number of aromatic hydroxyl groups is 1. The molecular formula is C19H15N3O4. The molecule has 7 heteroatoms. The molecule has 0 atom stereocenters. The van der Waals surface area contributed by atoms with E-state index in [0.29, 0.717) is 22.4 Å². The summed E-state index contributed by atoms with van der Waals surface area (Å²) in [5, 5.41) is 24.6. The molecule has 0 fully saturated rings. The number of hydrogen-bond donors (Lipinski definition) is 1. The summed E-state index contributed by atoms with van der Waals surface area (Å²) >= 11 is 0. The zero-order chi connectivity index (χ0) is 18.7. The van der Waals surface area contributed by atoms with E-state index in [1.54, 1.807) is 48.3 Å². The number of phenols is 1. The van der Waals surface area contributed by atoms with Crippen LogP contribution >= 0.6 is 0 Å². The van der Waals surface area contributed by atoms with Gasteiger partial charge in [0, 0.05) is 42.1 Å². The molecule has 1 N–H and O–H groups in total. The summed E-state index contributed by atoms with van der Waals surface area (Å²) < 4.78 is 1.61. The highest BCUT2D eigenvalue weighted by molar-refractivity contribution is 6.07. The van der Waals surface area contributed by atoms with Gasteiger partial charge in [0.25, 0.3) is 5.69 Å². The second kappa shape index (κ2) is 7.02. The van der Waals surface area contributed by atoms with Gasteiger partial charge in [-0.2, -0.15) is 5.10 Å². The molecule has 0 bridgehead atoms. The molecule has 1 heterocycles. The lowest BCUT2D eigenvalue weighted by atomic mass is 10.1. The third-order valence-electron chi connectivity index (χ3n) is 3.75. The standard InChI is InChI=1S/C19H15N3O4/c1-21-12-15(7-10-18(24)14-3-2-4-17(23)11-14)19(20-21)13-5-8-16(9-6-13)22(25)26/h2-12,23H,1H3. The Morgan fingerprint density at radius 1 is 1.23 bits per heavy atom. The minimum absolute atomic E-state index is 0.000774. The van der Waals surface area contributed by atoms with Crippen LogP contribution in [0.1, 0.15) is 15.9 Å². The van der Waals surface area contributed by atoms with Gasteiger partial charge in [0.1, 0.15) is 5.75 Å². The van der Waals surface area contributed by atoms with Crippen LogP contribution in [0.15, 0.2) is 60.8 Å². The predicted molar refractivity (Wildman–Crippen MR) is 96.8 cm³/mol. The summed E-state index contributed by atoms with van der Waals surface area (Å²) in [4.78, 5) is 22.6. The van der Waals surface area contributed by atoms with Gasteiger partial charge in [0.05, 0.1) is 10.6 Å². The van der Waals surface area contributed by atoms with Crippen LogP contribution in [-0.2, 0) is 7.05 Å². The van der Waals surface area contributed by atoms with Gasteiger partial charge >= 0.3 is 0 Å². The van der Waals surface area contributed by atoms with Crippen LogP contribution in [0.25, 0.3) is 17.3 Å². The number of carbonyl (C=O) groups excluding carboxylic acids is 1. The fourth-order valence-electron chi connectivity index (χ4n) is 2.52. The van der Waals surface area contributed by atoms with E-state index in [2.05, 4.69) is 5.10 Å². The zero-order valence-electron chi connectivity index (χ0n) is 13.9. The molecule has 3 rings (SSSR count). The number of nitrogens with zero attached hydrogens (tertiary/aromatic N) is 3. The Balaban J connectivity index is 1.89. The summed E-state index contributed by atoms with van der Waals surface area (Å²) in [5.41, 5.74) is 2.40. The van der Waals surface area contributed by atoms with Crippen LogP contribution in [0.5, 0.6) is 5.75 Å². The van der Waals surface area contributed by atoms with E-state index in [4.69, 9.17) is 0 Å². The maximum atomic E-state index is 12.2. The number of nitro benzene ring substituents is 1. The summed E-state index contributed by atoms with van der Waals surface area (Å²) in [6, 6.07) is 12.2. The van der Waals surface area contributed by atoms with Crippen LogP contribution in [0.2, 0.25) is 0 Å². The molecule has 0 saturated heterocycles. The number of non-ortho nitro benzene ring substituents is 1. The highest BCUT2D eigenvalue weighted by Gasteiger charge is 2.11. The number of carbonyl (C=O) groups is 1. The van der Waals surface area contributed by atoms with Gasteiger partial charge in [-0.25, -0.2) is 0 Å². The van der Waals surface area contributed by atoms with Crippen LogP contribution in [0, 0.1) is 10.1 Å². The van der Waals surface area contributed by atoms with Crippen molar-refractivity contribution in [2.45, 2.75) is 0 Å². The average Bonchev–Trinajstić information content (AvgIpc) is 3.00. The number of phenolic OH excluding ortho intramolecular Hbond substituents is 1. The predicted octanol–water partition coefficient (Wildman–Crippen LogP) is 3.60. The molecule has 3 aromatic rings. The first-order valence-electron chi connectivity index (χ1n) is 7.74. The van der Waals surface area contributed by atoms with Crippen LogP contribution in [0.4, 0.5) is 5.69 Å². The number of nitro groups is 1. The van der Waals surface area contributed by atoms with Crippen molar-refractivity contribution in [2.24, 2.45) is 7.05 Å². The summed E-state index contributed by atoms with van der Waals surface area (Å²) in [5.74, 6) is -0.225. The molecule has 0 aliphatic carbocycles. The Labute approximate surface area is 149 Å². The summed E-state index contributed by atoms with van der Waals surface area (Å²) in [6.45, 7) is 0. The molecule has 1 aromatic heterocycles. The van der Waals surface area contributed by atoms with E-state index in [1.807, 2.05) is 0 Å². The van der Waals surface area contributed by atoms with Gasteiger partial charge < -0.3 is 5.11 Å². The van der Waals surface area contributed by atoms with E-state index < -0.39 is 4.92 Å². The number of benzene rings is 2. The Kier molecular flexibility index (Phi) is 4.62. The first-order chi connectivity index (χ1) is 12.4. The average molecular weight is 349 g/mol. The monoisotopic (exact) mass is 349 g/mol.